The normalized spacial score (nSPS) is 11.8. The molecule has 0 aliphatic carbocycles. The third-order valence-corrected chi connectivity index (χ3v) is 7.47. The highest BCUT2D eigenvalue weighted by molar-refractivity contribution is 5.63. The average Bonchev–Trinajstić information content (AvgIpc) is 2.81. The lowest BCUT2D eigenvalue weighted by Gasteiger charge is -2.39. The van der Waals surface area contributed by atoms with E-state index in [1.54, 1.807) is 0 Å². The zero-order chi connectivity index (χ0) is 24.5. The lowest BCUT2D eigenvalue weighted by molar-refractivity contribution is -0.929. The van der Waals surface area contributed by atoms with Crippen LogP contribution in [0.5, 0.6) is 0 Å². The zero-order valence-corrected chi connectivity index (χ0v) is 23.1. The van der Waals surface area contributed by atoms with Gasteiger partial charge in [-0.05, 0) is 44.9 Å². The van der Waals surface area contributed by atoms with Gasteiger partial charge in [0.05, 0.1) is 26.2 Å². The van der Waals surface area contributed by atoms with Crippen LogP contribution in [-0.2, 0) is 4.79 Å². The molecule has 0 amide bonds. The summed E-state index contributed by atoms with van der Waals surface area (Å²) in [5.74, 6) is -0.900. The minimum Gasteiger partial charge on any atom is -0.550 e. The van der Waals surface area contributed by atoms with Gasteiger partial charge in [-0.3, -0.25) is 0 Å². The summed E-state index contributed by atoms with van der Waals surface area (Å²) in [5, 5.41) is 10.4. The number of aliphatic carboxylic acids is 1. The van der Waals surface area contributed by atoms with Crippen LogP contribution >= 0.6 is 0 Å². The second-order valence-electron chi connectivity index (χ2n) is 10.7. The number of nitrogens with zero attached hydrogens (tertiary/aromatic N) is 1. The van der Waals surface area contributed by atoms with E-state index in [0.717, 1.165) is 12.8 Å². The van der Waals surface area contributed by atoms with Gasteiger partial charge >= 0.3 is 0 Å². The van der Waals surface area contributed by atoms with E-state index in [1.165, 1.54) is 153 Å². The van der Waals surface area contributed by atoms with Crippen LogP contribution in [0.25, 0.3) is 0 Å². The minimum atomic E-state index is -0.900. The summed E-state index contributed by atoms with van der Waals surface area (Å²) in [6.45, 7) is 12.7. The van der Waals surface area contributed by atoms with E-state index in [9.17, 15) is 9.90 Å². The molecule has 0 aromatic carbocycles. The first kappa shape index (κ1) is 32.4. The third kappa shape index (κ3) is 21.7. The second kappa shape index (κ2) is 24.6. The Morgan fingerprint density at radius 2 is 0.727 bits per heavy atom. The van der Waals surface area contributed by atoms with Gasteiger partial charge in [0.1, 0.15) is 0 Å². The van der Waals surface area contributed by atoms with Crippen molar-refractivity contribution < 1.29 is 14.4 Å². The number of carbonyl (C=O) groups is 1. The molecule has 3 heteroatoms. The van der Waals surface area contributed by atoms with Gasteiger partial charge in [-0.2, -0.15) is 0 Å². The van der Waals surface area contributed by atoms with E-state index in [-0.39, 0.29) is 6.42 Å². The summed E-state index contributed by atoms with van der Waals surface area (Å²) < 4.78 is 1.41. The van der Waals surface area contributed by atoms with Crippen LogP contribution in [0.4, 0.5) is 0 Å². The molecule has 198 valence electrons. The standard InChI is InChI=1S/C30H61NO2/c1-4-7-26-31(27-8-5-2,28-9-6-3)29-24-22-20-18-16-14-12-10-11-13-15-17-19-21-23-25-30(32)33/h4-29H2,1-3H3. The Bertz CT molecular complexity index is 388. The van der Waals surface area contributed by atoms with Crippen LogP contribution in [-0.4, -0.2) is 36.6 Å². The van der Waals surface area contributed by atoms with Crippen molar-refractivity contribution in [3.8, 4) is 0 Å². The Morgan fingerprint density at radius 1 is 0.455 bits per heavy atom. The van der Waals surface area contributed by atoms with Gasteiger partial charge in [-0.25, -0.2) is 0 Å². The first-order valence-electron chi connectivity index (χ1n) is 15.1. The fourth-order valence-corrected chi connectivity index (χ4v) is 5.17. The number of unbranched alkanes of at least 4 members (excludes halogenated alkanes) is 17. The predicted octanol–water partition coefficient (Wildman–Crippen LogP) is 8.20. The van der Waals surface area contributed by atoms with Crippen molar-refractivity contribution in [2.45, 2.75) is 162 Å². The van der Waals surface area contributed by atoms with Gasteiger partial charge in [0.25, 0.3) is 0 Å². The molecule has 0 spiro atoms. The summed E-state index contributed by atoms with van der Waals surface area (Å²) in [6, 6.07) is 0. The summed E-state index contributed by atoms with van der Waals surface area (Å²) in [4.78, 5) is 10.4. The lowest BCUT2D eigenvalue weighted by Crippen LogP contribution is -2.50. The van der Waals surface area contributed by atoms with Crippen LogP contribution in [0, 0.1) is 0 Å². The van der Waals surface area contributed by atoms with E-state index in [4.69, 9.17) is 0 Å². The number of quaternary nitrogens is 1. The fraction of sp³-hybridized carbons (Fsp3) is 0.967. The molecule has 0 aromatic heterocycles. The highest BCUT2D eigenvalue weighted by atomic mass is 16.4. The molecule has 33 heavy (non-hydrogen) atoms. The maximum Gasteiger partial charge on any atom is 0.0786 e. The molecule has 0 N–H and O–H groups in total. The molecule has 0 radical (unpaired) electrons. The van der Waals surface area contributed by atoms with E-state index >= 15 is 0 Å². The maximum atomic E-state index is 10.4. The van der Waals surface area contributed by atoms with Gasteiger partial charge in [-0.15, -0.1) is 0 Å². The van der Waals surface area contributed by atoms with Crippen molar-refractivity contribution in [3.63, 3.8) is 0 Å². The summed E-state index contributed by atoms with van der Waals surface area (Å²) in [7, 11) is 0. The minimum absolute atomic E-state index is 0.233. The van der Waals surface area contributed by atoms with Crippen LogP contribution in [0.15, 0.2) is 0 Å². The van der Waals surface area contributed by atoms with Crippen molar-refractivity contribution in [2.75, 3.05) is 26.2 Å². The van der Waals surface area contributed by atoms with Gasteiger partial charge in [-0.1, -0.05) is 117 Å². The molecule has 0 bridgehead atoms. The highest BCUT2D eigenvalue weighted by Crippen LogP contribution is 2.18. The van der Waals surface area contributed by atoms with Crippen LogP contribution in [0.2, 0.25) is 0 Å². The molecule has 0 saturated carbocycles. The van der Waals surface area contributed by atoms with E-state index in [2.05, 4.69) is 20.8 Å². The summed E-state index contributed by atoms with van der Waals surface area (Å²) in [6.07, 6.45) is 28.2. The largest absolute Gasteiger partial charge is 0.550 e. The first-order valence-corrected chi connectivity index (χ1v) is 15.1. The molecular weight excluding hydrogens is 406 g/mol. The Hall–Kier alpha value is -0.570. The van der Waals surface area contributed by atoms with Crippen molar-refractivity contribution >= 4 is 5.97 Å². The number of hydrogen-bond donors (Lipinski definition) is 0. The fourth-order valence-electron chi connectivity index (χ4n) is 5.17. The summed E-state index contributed by atoms with van der Waals surface area (Å²) in [5.41, 5.74) is 0. The number of carbonyl (C=O) groups excluding carboxylic acids is 1. The van der Waals surface area contributed by atoms with E-state index < -0.39 is 5.97 Å². The molecule has 0 aliphatic heterocycles. The number of carboxylic acid groups (broad SMARTS) is 1. The summed E-state index contributed by atoms with van der Waals surface area (Å²) >= 11 is 0. The quantitative estimate of drug-likeness (QED) is 0.0902. The van der Waals surface area contributed by atoms with E-state index in [1.807, 2.05) is 0 Å². The van der Waals surface area contributed by atoms with Crippen molar-refractivity contribution in [3.05, 3.63) is 0 Å². The Morgan fingerprint density at radius 3 is 1.03 bits per heavy atom. The van der Waals surface area contributed by atoms with Crippen LogP contribution in [0.3, 0.4) is 0 Å². The molecule has 0 saturated heterocycles. The van der Waals surface area contributed by atoms with Gasteiger partial charge in [0.2, 0.25) is 0 Å². The van der Waals surface area contributed by atoms with Gasteiger partial charge in [0.15, 0.2) is 0 Å². The molecular formula is C30H61NO2. The number of carboxylic acids is 1. The molecule has 0 aliphatic rings. The van der Waals surface area contributed by atoms with Crippen molar-refractivity contribution in [1.82, 2.24) is 0 Å². The number of hydrogen-bond acceptors (Lipinski definition) is 2. The van der Waals surface area contributed by atoms with Crippen molar-refractivity contribution in [2.24, 2.45) is 0 Å². The monoisotopic (exact) mass is 467 g/mol. The SMILES string of the molecule is CCCC[N+](CCCC)(CCCC)CCCCCCCCCCCCCCCCCC(=O)[O-]. The van der Waals surface area contributed by atoms with Crippen molar-refractivity contribution in [1.29, 1.82) is 0 Å². The zero-order valence-electron chi connectivity index (χ0n) is 23.1. The van der Waals surface area contributed by atoms with Gasteiger partial charge < -0.3 is 14.4 Å². The Labute approximate surface area is 208 Å². The van der Waals surface area contributed by atoms with Gasteiger partial charge in [0, 0.05) is 5.97 Å². The third-order valence-electron chi connectivity index (χ3n) is 7.47. The topological polar surface area (TPSA) is 40.1 Å². The lowest BCUT2D eigenvalue weighted by atomic mass is 10.0. The molecule has 0 unspecified atom stereocenters. The van der Waals surface area contributed by atoms with Crippen LogP contribution < -0.4 is 5.11 Å². The smallest absolute Gasteiger partial charge is 0.0786 e. The highest BCUT2D eigenvalue weighted by Gasteiger charge is 2.24. The molecule has 0 rings (SSSR count). The molecule has 3 nitrogen and oxygen atoms in total. The maximum absolute atomic E-state index is 10.4. The average molecular weight is 468 g/mol. The second-order valence-corrected chi connectivity index (χ2v) is 10.7. The van der Waals surface area contributed by atoms with Crippen LogP contribution in [0.1, 0.15) is 162 Å². The predicted molar refractivity (Wildman–Crippen MR) is 143 cm³/mol. The van der Waals surface area contributed by atoms with E-state index in [0.29, 0.717) is 0 Å². The molecule has 0 fully saturated rings. The molecule has 0 heterocycles. The molecule has 0 atom stereocenters. The Balaban J connectivity index is 3.66. The Kier molecular flexibility index (Phi) is 24.1. The molecule has 0 aromatic rings. The number of rotatable bonds is 27. The first-order chi connectivity index (χ1) is 16.1.